The van der Waals surface area contributed by atoms with E-state index in [9.17, 15) is 19.4 Å². The molecule has 10 heteroatoms. The number of carbonyl (C=O) groups is 1. The molecule has 0 aromatic heterocycles. The number of carboxylic acid groups (broad SMARTS) is 1. The number of hydrogen-bond acceptors (Lipinski definition) is 4. The third-order valence-corrected chi connectivity index (χ3v) is 0.987. The van der Waals surface area contributed by atoms with E-state index in [1.807, 2.05) is 0 Å². The van der Waals surface area contributed by atoms with Crippen LogP contribution in [0.4, 0.5) is 0 Å². The van der Waals surface area contributed by atoms with Crippen LogP contribution in [0.5, 0.6) is 0 Å². The molecular weight excluding hydrogens is 213 g/mol. The fourth-order valence-electron chi connectivity index (χ4n) is 0.163. The van der Waals surface area contributed by atoms with Gasteiger partial charge in [-0.05, 0) is 0 Å². The van der Waals surface area contributed by atoms with E-state index in [4.69, 9.17) is 4.89 Å². The van der Waals surface area contributed by atoms with E-state index in [1.54, 1.807) is 0 Å². The maximum Gasteiger partial charge on any atom is 1.00 e. The van der Waals surface area contributed by atoms with Crippen LogP contribution in [-0.2, 0) is 9.36 Å². The second-order valence-corrected chi connectivity index (χ2v) is 2.76. The Labute approximate surface area is 113 Å². The number of rotatable bonds is 2. The second kappa shape index (κ2) is 12.5. The van der Waals surface area contributed by atoms with Crippen molar-refractivity contribution in [1.29, 1.82) is 0 Å². The van der Waals surface area contributed by atoms with Crippen LogP contribution in [0.1, 0.15) is 0 Å². The maximum absolute atomic E-state index is 9.60. The maximum atomic E-state index is 9.60. The quantitative estimate of drug-likeness (QED) is 0.360. The van der Waals surface area contributed by atoms with Gasteiger partial charge in [-0.3, -0.25) is 0 Å². The predicted octanol–water partition coefficient (Wildman–Crippen LogP) is -10.4. The predicted molar refractivity (Wildman–Crippen MR) is 26.9 cm³/mol. The third-order valence-electron chi connectivity index (χ3n) is 0.329. The van der Waals surface area contributed by atoms with E-state index in [2.05, 4.69) is 0 Å². The summed E-state index contributed by atoms with van der Waals surface area (Å²) in [4.78, 5) is 26.7. The Kier molecular flexibility index (Phi) is 30.5. The van der Waals surface area contributed by atoms with Gasteiger partial charge in [-0.25, -0.2) is 0 Å². The summed E-state index contributed by atoms with van der Waals surface area (Å²) in [6.45, 7) is 0. The Balaban J connectivity index is -0.0000000408. The standard InChI is InChI=1S/C2H5O5P.2Na.2H2O/c3-2(4)1-8(5,6)7;;;;/h1H2,(H,3,4)(H2,5,6,7);;;2*1H2/q;2*+1;;/p-2. The largest absolute Gasteiger partial charge is 1.00 e. The van der Waals surface area contributed by atoms with E-state index in [-0.39, 0.29) is 70.1 Å². The van der Waals surface area contributed by atoms with Crippen LogP contribution in [0.15, 0.2) is 0 Å². The van der Waals surface area contributed by atoms with Crippen LogP contribution in [0, 0.1) is 0 Å². The molecule has 0 bridgehead atoms. The van der Waals surface area contributed by atoms with E-state index < -0.39 is 19.7 Å². The topological polar surface area (TPSA) is 163 Å². The average Bonchev–Trinajstić information content (AvgIpc) is 1.21. The Morgan fingerprint density at radius 3 is 1.58 bits per heavy atom. The molecule has 0 aliphatic heterocycles. The van der Waals surface area contributed by atoms with Crippen molar-refractivity contribution >= 4 is 13.6 Å². The molecule has 1 unspecified atom stereocenters. The minimum Gasteiger partial charge on any atom is -0.778 e. The molecule has 5 N–H and O–H groups in total. The summed E-state index contributed by atoms with van der Waals surface area (Å²) in [7, 11) is -4.63. The van der Waals surface area contributed by atoms with Crippen LogP contribution in [-0.4, -0.2) is 28.0 Å². The van der Waals surface area contributed by atoms with Gasteiger partial charge in [0.05, 0.1) is 6.16 Å². The van der Waals surface area contributed by atoms with E-state index in [0.29, 0.717) is 0 Å². The SMILES string of the molecule is O.O.O=C([O-])CP(=O)([O-])O.[Na+].[Na+]. The van der Waals surface area contributed by atoms with Gasteiger partial charge in [0.2, 0.25) is 0 Å². The third kappa shape index (κ3) is 30.0. The normalized spacial score (nSPS) is 11.5. The van der Waals surface area contributed by atoms with E-state index >= 15 is 0 Å². The molecule has 0 rings (SSSR count). The van der Waals surface area contributed by atoms with Crippen molar-refractivity contribution in [3.05, 3.63) is 0 Å². The molecule has 0 amide bonds. The summed E-state index contributed by atoms with van der Waals surface area (Å²) in [5.74, 6) is -1.80. The van der Waals surface area contributed by atoms with Gasteiger partial charge in [0.25, 0.3) is 0 Å². The Morgan fingerprint density at radius 1 is 1.33 bits per heavy atom. The second-order valence-electron chi connectivity index (χ2n) is 1.17. The van der Waals surface area contributed by atoms with Crippen molar-refractivity contribution < 1.29 is 94.3 Å². The number of carbonyl (C=O) groups excluding carboxylic acids is 1. The zero-order valence-corrected chi connectivity index (χ0v) is 11.6. The van der Waals surface area contributed by atoms with Gasteiger partial charge in [-0.2, -0.15) is 0 Å². The average molecular weight is 220 g/mol. The molecule has 0 aliphatic carbocycles. The van der Waals surface area contributed by atoms with Crippen molar-refractivity contribution in [3.8, 4) is 0 Å². The van der Waals surface area contributed by atoms with Crippen molar-refractivity contribution in [3.63, 3.8) is 0 Å². The molecule has 0 spiro atoms. The van der Waals surface area contributed by atoms with Crippen molar-refractivity contribution in [2.24, 2.45) is 0 Å². The van der Waals surface area contributed by atoms with E-state index in [1.165, 1.54) is 0 Å². The summed E-state index contributed by atoms with van der Waals surface area (Å²) in [5, 5.41) is 9.37. The number of carboxylic acids is 1. The minimum atomic E-state index is -4.63. The van der Waals surface area contributed by atoms with Crippen LogP contribution in [0.3, 0.4) is 0 Å². The summed E-state index contributed by atoms with van der Waals surface area (Å²) in [6, 6.07) is 0. The zero-order chi connectivity index (χ0) is 6.78. The van der Waals surface area contributed by atoms with Crippen LogP contribution >= 0.6 is 7.60 Å². The van der Waals surface area contributed by atoms with Crippen molar-refractivity contribution in [1.82, 2.24) is 0 Å². The molecule has 0 aromatic rings. The zero-order valence-electron chi connectivity index (χ0n) is 6.73. The Morgan fingerprint density at radius 2 is 1.58 bits per heavy atom. The van der Waals surface area contributed by atoms with Gasteiger partial charge < -0.3 is 35.2 Å². The van der Waals surface area contributed by atoms with Gasteiger partial charge in [-0.1, -0.05) is 0 Å². The molecule has 0 aliphatic rings. The molecule has 0 heterocycles. The van der Waals surface area contributed by atoms with Gasteiger partial charge in [0.15, 0.2) is 0 Å². The molecular formula is C2H7Na2O7P. The first-order chi connectivity index (χ1) is 3.42. The van der Waals surface area contributed by atoms with Crippen LogP contribution in [0.2, 0.25) is 0 Å². The summed E-state index contributed by atoms with van der Waals surface area (Å²) >= 11 is 0. The molecule has 7 nitrogen and oxygen atoms in total. The first-order valence-electron chi connectivity index (χ1n) is 1.64. The van der Waals surface area contributed by atoms with Crippen molar-refractivity contribution in [2.75, 3.05) is 6.16 Å². The van der Waals surface area contributed by atoms with Gasteiger partial charge in [0, 0.05) is 5.97 Å². The minimum absolute atomic E-state index is 0. The van der Waals surface area contributed by atoms with Crippen LogP contribution < -0.4 is 69.1 Å². The molecule has 1 atom stereocenters. The summed E-state index contributed by atoms with van der Waals surface area (Å²) < 4.78 is 9.60. The first kappa shape index (κ1) is 29.2. The molecule has 0 radical (unpaired) electrons. The monoisotopic (exact) mass is 220 g/mol. The Bertz CT molecular complexity index is 142. The molecule has 0 fully saturated rings. The Hall–Kier alpha value is 1.54. The van der Waals surface area contributed by atoms with E-state index in [0.717, 1.165) is 0 Å². The summed E-state index contributed by atoms with van der Waals surface area (Å²) in [5.41, 5.74) is 0. The van der Waals surface area contributed by atoms with Gasteiger partial charge >= 0.3 is 59.1 Å². The fourth-order valence-corrected chi connectivity index (χ4v) is 0.489. The van der Waals surface area contributed by atoms with Gasteiger partial charge in [0.1, 0.15) is 7.60 Å². The molecule has 0 aromatic carbocycles. The number of hydrogen-bond donors (Lipinski definition) is 1. The molecule has 0 saturated carbocycles. The molecule has 12 heavy (non-hydrogen) atoms. The fraction of sp³-hybridized carbons (Fsp3) is 0.500. The van der Waals surface area contributed by atoms with Gasteiger partial charge in [-0.15, -0.1) is 0 Å². The summed E-state index contributed by atoms with van der Waals surface area (Å²) in [6.07, 6.45) is -1.31. The molecule has 64 valence electrons. The number of aliphatic carboxylic acids is 1. The first-order valence-corrected chi connectivity index (χ1v) is 3.41. The van der Waals surface area contributed by atoms with Crippen molar-refractivity contribution in [2.45, 2.75) is 0 Å². The smallest absolute Gasteiger partial charge is 0.778 e. The van der Waals surface area contributed by atoms with Crippen LogP contribution in [0.25, 0.3) is 0 Å². The molecule has 0 saturated heterocycles.